The van der Waals surface area contributed by atoms with E-state index < -0.39 is 24.5 Å². The van der Waals surface area contributed by atoms with Crippen LogP contribution < -0.4 is 5.32 Å². The van der Waals surface area contributed by atoms with E-state index in [1.165, 1.54) is 12.1 Å². The Balaban J connectivity index is 1.56. The van der Waals surface area contributed by atoms with Gasteiger partial charge in [-0.05, 0) is 49.2 Å². The van der Waals surface area contributed by atoms with E-state index in [0.717, 1.165) is 4.90 Å². The van der Waals surface area contributed by atoms with Gasteiger partial charge < -0.3 is 15.0 Å². The first kappa shape index (κ1) is 23.6. The van der Waals surface area contributed by atoms with E-state index in [2.05, 4.69) is 15.0 Å². The highest BCUT2D eigenvalue weighted by atomic mass is 19.4. The van der Waals surface area contributed by atoms with Crippen LogP contribution in [0.25, 0.3) is 11.3 Å². The molecule has 1 aromatic carbocycles. The number of amides is 1. The zero-order valence-electron chi connectivity index (χ0n) is 16.4. The Morgan fingerprint density at radius 3 is 2.16 bits per heavy atom. The second kappa shape index (κ2) is 9.21. The molecule has 0 radical (unpaired) electrons. The van der Waals surface area contributed by atoms with Crippen LogP contribution >= 0.6 is 0 Å². The van der Waals surface area contributed by atoms with Crippen molar-refractivity contribution in [1.82, 2.24) is 9.88 Å². The number of nitrogens with zero attached hydrogens (tertiary/aromatic N) is 2. The van der Waals surface area contributed by atoms with E-state index in [4.69, 9.17) is 0 Å². The molecule has 1 aliphatic heterocycles. The lowest BCUT2D eigenvalue weighted by atomic mass is 10.1. The molecule has 0 unspecified atom stereocenters. The van der Waals surface area contributed by atoms with Crippen molar-refractivity contribution in [2.45, 2.75) is 37.3 Å². The van der Waals surface area contributed by atoms with Gasteiger partial charge in [0.1, 0.15) is 11.6 Å². The summed E-state index contributed by atoms with van der Waals surface area (Å²) in [7, 11) is 0. The maximum atomic E-state index is 13.1. The van der Waals surface area contributed by atoms with E-state index in [0.29, 0.717) is 17.1 Å². The first-order chi connectivity index (χ1) is 14.9. The molecule has 1 N–H and O–H groups in total. The molecule has 2 heterocycles. The van der Waals surface area contributed by atoms with Crippen molar-refractivity contribution in [2.24, 2.45) is 0 Å². The van der Waals surface area contributed by atoms with E-state index in [-0.39, 0.29) is 37.8 Å². The van der Waals surface area contributed by atoms with Crippen molar-refractivity contribution in [3.05, 3.63) is 48.3 Å². The molecule has 5 nitrogen and oxygen atoms in total. The molecular formula is C20H18F7N3O2. The number of pyridine rings is 1. The molecular weight excluding hydrogens is 447 g/mol. The highest BCUT2D eigenvalue weighted by Gasteiger charge is 2.60. The van der Waals surface area contributed by atoms with Gasteiger partial charge in [0, 0.05) is 24.7 Å². The zero-order valence-corrected chi connectivity index (χ0v) is 16.4. The molecule has 1 saturated heterocycles. The molecule has 0 atom stereocenters. The minimum Gasteiger partial charge on any atom is -0.426 e. The number of benzene rings is 1. The predicted molar refractivity (Wildman–Crippen MR) is 100 cm³/mol. The number of hydrogen-bond acceptors (Lipinski definition) is 4. The molecule has 1 aliphatic rings. The van der Waals surface area contributed by atoms with Crippen LogP contribution in [-0.2, 0) is 4.74 Å². The lowest BCUT2D eigenvalue weighted by molar-refractivity contribution is -0.308. The number of alkyl halides is 6. The van der Waals surface area contributed by atoms with E-state index in [9.17, 15) is 35.5 Å². The Kier molecular flexibility index (Phi) is 6.79. The number of piperidine rings is 1. The molecule has 0 aliphatic carbocycles. The molecule has 1 fully saturated rings. The Labute approximate surface area is 178 Å². The Morgan fingerprint density at radius 1 is 1.00 bits per heavy atom. The standard InChI is InChI=1S/C20H18F7N3O2/c21-13-6-4-12(5-7-13)15-2-1-3-16(29-15)28-14-8-10-30(11-9-14)18(31)32-17(19(22,23)24)20(25,26)27/h1-7,14,17H,8-11H2,(H,28,29). The van der Waals surface area contributed by atoms with Gasteiger partial charge in [0.2, 0.25) is 0 Å². The normalized spacial score (nSPS) is 15.7. The third kappa shape index (κ3) is 6.01. The fraction of sp³-hybridized carbons (Fsp3) is 0.400. The summed E-state index contributed by atoms with van der Waals surface area (Å²) in [5, 5.41) is 3.13. The average molecular weight is 465 g/mol. The summed E-state index contributed by atoms with van der Waals surface area (Å²) in [6, 6.07) is 10.7. The van der Waals surface area contributed by atoms with Crippen LogP contribution in [0.4, 0.5) is 41.3 Å². The summed E-state index contributed by atoms with van der Waals surface area (Å²) in [4.78, 5) is 17.1. The number of halogens is 7. The third-order valence-corrected chi connectivity index (χ3v) is 4.81. The van der Waals surface area contributed by atoms with Crippen molar-refractivity contribution in [2.75, 3.05) is 18.4 Å². The second-order valence-electron chi connectivity index (χ2n) is 7.17. The van der Waals surface area contributed by atoms with Gasteiger partial charge in [0.25, 0.3) is 6.10 Å². The third-order valence-electron chi connectivity index (χ3n) is 4.81. The molecule has 3 rings (SSSR count). The summed E-state index contributed by atoms with van der Waals surface area (Å²) < 4.78 is 92.2. The van der Waals surface area contributed by atoms with Crippen molar-refractivity contribution in [1.29, 1.82) is 0 Å². The summed E-state index contributed by atoms with van der Waals surface area (Å²) in [5.74, 6) is 0.104. The number of hydrogen-bond donors (Lipinski definition) is 1. The minimum absolute atomic E-state index is 0.0867. The monoisotopic (exact) mass is 465 g/mol. The maximum absolute atomic E-state index is 13.1. The van der Waals surface area contributed by atoms with Crippen molar-refractivity contribution in [3.63, 3.8) is 0 Å². The first-order valence-corrected chi connectivity index (χ1v) is 9.52. The Bertz CT molecular complexity index is 910. The molecule has 0 spiro atoms. The van der Waals surface area contributed by atoms with Gasteiger partial charge >= 0.3 is 18.4 Å². The lowest BCUT2D eigenvalue weighted by Gasteiger charge is -2.33. The van der Waals surface area contributed by atoms with Crippen LogP contribution in [0.2, 0.25) is 0 Å². The first-order valence-electron chi connectivity index (χ1n) is 9.52. The van der Waals surface area contributed by atoms with E-state index in [1.807, 2.05) is 0 Å². The van der Waals surface area contributed by atoms with Crippen molar-refractivity contribution < 1.29 is 40.3 Å². The number of aromatic nitrogens is 1. The summed E-state index contributed by atoms with van der Waals surface area (Å²) in [6.07, 6.45) is -16.8. The molecule has 0 saturated carbocycles. The maximum Gasteiger partial charge on any atom is 0.434 e. The summed E-state index contributed by atoms with van der Waals surface area (Å²) in [6.45, 7) is -0.173. The van der Waals surface area contributed by atoms with Crippen LogP contribution in [0.5, 0.6) is 0 Å². The number of anilines is 1. The van der Waals surface area contributed by atoms with Crippen LogP contribution in [0.1, 0.15) is 12.8 Å². The molecule has 32 heavy (non-hydrogen) atoms. The fourth-order valence-corrected chi connectivity index (χ4v) is 3.21. The van der Waals surface area contributed by atoms with Gasteiger partial charge in [-0.15, -0.1) is 0 Å². The Hall–Kier alpha value is -3.05. The molecule has 0 bridgehead atoms. The number of carbonyl (C=O) groups is 1. The van der Waals surface area contributed by atoms with Crippen LogP contribution in [-0.4, -0.2) is 53.6 Å². The zero-order chi connectivity index (χ0) is 23.5. The molecule has 174 valence electrons. The number of ether oxygens (including phenoxy) is 1. The van der Waals surface area contributed by atoms with Gasteiger partial charge in [-0.3, -0.25) is 0 Å². The highest BCUT2D eigenvalue weighted by molar-refractivity contribution is 5.68. The average Bonchev–Trinajstić information content (AvgIpc) is 2.71. The molecule has 12 heteroatoms. The van der Waals surface area contributed by atoms with Gasteiger partial charge in [-0.25, -0.2) is 14.2 Å². The molecule has 1 aromatic heterocycles. The van der Waals surface area contributed by atoms with Crippen molar-refractivity contribution >= 4 is 11.9 Å². The topological polar surface area (TPSA) is 54.5 Å². The number of nitrogens with one attached hydrogen (secondary N) is 1. The minimum atomic E-state index is -5.75. The van der Waals surface area contributed by atoms with Crippen LogP contribution in [0.3, 0.4) is 0 Å². The summed E-state index contributed by atoms with van der Waals surface area (Å²) in [5.41, 5.74) is 1.28. The number of rotatable bonds is 4. The van der Waals surface area contributed by atoms with Gasteiger partial charge in [-0.1, -0.05) is 6.07 Å². The molecule has 1 amide bonds. The number of carbonyl (C=O) groups excluding carboxylic acids is 1. The smallest absolute Gasteiger partial charge is 0.426 e. The number of likely N-dealkylation sites (tertiary alicyclic amines) is 1. The quantitative estimate of drug-likeness (QED) is 0.615. The van der Waals surface area contributed by atoms with Gasteiger partial charge in [0.05, 0.1) is 5.69 Å². The predicted octanol–water partition coefficient (Wildman–Crippen LogP) is 5.39. The van der Waals surface area contributed by atoms with E-state index in [1.54, 1.807) is 30.3 Å². The van der Waals surface area contributed by atoms with Crippen molar-refractivity contribution in [3.8, 4) is 11.3 Å². The molecule has 2 aromatic rings. The van der Waals surface area contributed by atoms with E-state index >= 15 is 0 Å². The fourth-order valence-electron chi connectivity index (χ4n) is 3.21. The Morgan fingerprint density at radius 2 is 1.59 bits per heavy atom. The highest BCUT2D eigenvalue weighted by Crippen LogP contribution is 2.36. The van der Waals surface area contributed by atoms with Gasteiger partial charge in [-0.2, -0.15) is 26.3 Å². The van der Waals surface area contributed by atoms with Gasteiger partial charge in [0.15, 0.2) is 0 Å². The van der Waals surface area contributed by atoms with Crippen LogP contribution in [0, 0.1) is 5.82 Å². The lowest BCUT2D eigenvalue weighted by Crippen LogP contribution is -2.50. The SMILES string of the molecule is O=C(OC(C(F)(F)F)C(F)(F)F)N1CCC(Nc2cccc(-c3ccc(F)cc3)n2)CC1. The van der Waals surface area contributed by atoms with Crippen LogP contribution in [0.15, 0.2) is 42.5 Å². The largest absolute Gasteiger partial charge is 0.434 e. The second-order valence-corrected chi connectivity index (χ2v) is 7.17. The summed E-state index contributed by atoms with van der Waals surface area (Å²) >= 11 is 0.